The van der Waals surface area contributed by atoms with Gasteiger partial charge in [0.25, 0.3) is 5.69 Å². The van der Waals surface area contributed by atoms with Gasteiger partial charge in [0.15, 0.2) is 0 Å². The molecular formula is C18H21N3O6S. The van der Waals surface area contributed by atoms with Gasteiger partial charge in [0.05, 0.1) is 23.5 Å². The Bertz CT molecular complexity index is 973. The number of hydrogen-bond acceptors (Lipinski definition) is 6. The minimum absolute atomic E-state index is 0.0278. The molecule has 10 heteroatoms. The van der Waals surface area contributed by atoms with E-state index in [4.69, 9.17) is 4.74 Å². The molecule has 0 unspecified atom stereocenters. The Labute approximate surface area is 163 Å². The molecule has 0 atom stereocenters. The third-order valence-electron chi connectivity index (χ3n) is 4.06. The zero-order chi connectivity index (χ0) is 20.9. The van der Waals surface area contributed by atoms with Crippen LogP contribution in [0.25, 0.3) is 0 Å². The van der Waals surface area contributed by atoms with Gasteiger partial charge in [0.1, 0.15) is 5.75 Å². The number of nitrogens with zero attached hydrogens (tertiary/aromatic N) is 2. The number of likely N-dealkylation sites (N-methyl/N-ethyl adjacent to an activating group) is 1. The maximum absolute atomic E-state index is 12.8. The van der Waals surface area contributed by atoms with Crippen molar-refractivity contribution < 1.29 is 22.9 Å². The molecule has 28 heavy (non-hydrogen) atoms. The molecule has 0 spiro atoms. The molecule has 0 aliphatic carbocycles. The minimum atomic E-state index is -4.07. The number of hydrogen-bond donors (Lipinski definition) is 1. The summed E-state index contributed by atoms with van der Waals surface area (Å²) in [5.74, 6) is 0.0916. The predicted molar refractivity (Wildman–Crippen MR) is 104 cm³/mol. The number of carbonyl (C=O) groups is 1. The first-order valence-electron chi connectivity index (χ1n) is 8.38. The van der Waals surface area contributed by atoms with E-state index in [9.17, 15) is 23.3 Å². The summed E-state index contributed by atoms with van der Waals surface area (Å²) in [4.78, 5) is 22.5. The lowest BCUT2D eigenvalue weighted by atomic mass is 10.2. The molecule has 2 aromatic rings. The van der Waals surface area contributed by atoms with Crippen molar-refractivity contribution in [3.05, 3.63) is 58.1 Å². The normalized spacial score (nSPS) is 11.3. The number of carbonyl (C=O) groups excluding carboxylic acids is 1. The van der Waals surface area contributed by atoms with Crippen LogP contribution in [0.1, 0.15) is 12.5 Å². The molecule has 0 aliphatic rings. The van der Waals surface area contributed by atoms with Gasteiger partial charge >= 0.3 is 0 Å². The van der Waals surface area contributed by atoms with E-state index in [-0.39, 0.29) is 17.1 Å². The first-order chi connectivity index (χ1) is 13.2. The van der Waals surface area contributed by atoms with Crippen LogP contribution in [0.3, 0.4) is 0 Å². The fraction of sp³-hybridized carbons (Fsp3) is 0.278. The number of nitro benzene ring substituents is 1. The van der Waals surface area contributed by atoms with E-state index in [2.05, 4.69) is 5.32 Å². The van der Waals surface area contributed by atoms with Crippen LogP contribution in [0.5, 0.6) is 5.75 Å². The van der Waals surface area contributed by atoms with Gasteiger partial charge in [-0.25, -0.2) is 8.42 Å². The number of sulfonamides is 1. The molecule has 1 amide bonds. The molecule has 0 saturated carbocycles. The minimum Gasteiger partial charge on any atom is -0.497 e. The highest BCUT2D eigenvalue weighted by atomic mass is 32.2. The monoisotopic (exact) mass is 407 g/mol. The lowest BCUT2D eigenvalue weighted by molar-refractivity contribution is -0.385. The van der Waals surface area contributed by atoms with Crippen LogP contribution in [0.2, 0.25) is 0 Å². The zero-order valence-corrected chi connectivity index (χ0v) is 16.5. The highest BCUT2D eigenvalue weighted by molar-refractivity contribution is 7.89. The van der Waals surface area contributed by atoms with Crippen molar-refractivity contribution in [1.29, 1.82) is 0 Å². The smallest absolute Gasteiger partial charge is 0.273 e. The molecule has 0 radical (unpaired) electrons. The Morgan fingerprint density at radius 2 is 1.86 bits per heavy atom. The predicted octanol–water partition coefficient (Wildman–Crippen LogP) is 2.56. The summed E-state index contributed by atoms with van der Waals surface area (Å²) in [7, 11) is -2.55. The van der Waals surface area contributed by atoms with Crippen molar-refractivity contribution in [3.63, 3.8) is 0 Å². The SMILES string of the molecule is CCN(CC(=O)Nc1ccc(OC)cc1)S(=O)(=O)c1ccc(C)c([N+](=O)[O-])c1. The fourth-order valence-electron chi connectivity index (χ4n) is 2.50. The van der Waals surface area contributed by atoms with Crippen molar-refractivity contribution in [1.82, 2.24) is 4.31 Å². The molecule has 150 valence electrons. The van der Waals surface area contributed by atoms with Crippen LogP contribution in [-0.2, 0) is 14.8 Å². The molecule has 0 saturated heterocycles. The standard InChI is InChI=1S/C18H21N3O6S/c1-4-20(12-18(22)19-14-6-8-15(27-3)9-7-14)28(25,26)16-10-5-13(2)17(11-16)21(23)24/h5-11H,4,12H2,1-3H3,(H,19,22). The van der Waals surface area contributed by atoms with Crippen molar-refractivity contribution >= 4 is 27.3 Å². The van der Waals surface area contributed by atoms with E-state index in [1.807, 2.05) is 0 Å². The van der Waals surface area contributed by atoms with Crippen LogP contribution in [0.15, 0.2) is 47.4 Å². The number of benzene rings is 2. The Morgan fingerprint density at radius 3 is 2.39 bits per heavy atom. The second-order valence-corrected chi connectivity index (χ2v) is 7.85. The lowest BCUT2D eigenvalue weighted by Gasteiger charge is -2.20. The molecule has 0 bridgehead atoms. The summed E-state index contributed by atoms with van der Waals surface area (Å²) in [6.07, 6.45) is 0. The molecule has 2 aromatic carbocycles. The van der Waals surface area contributed by atoms with E-state index in [0.717, 1.165) is 10.4 Å². The molecule has 9 nitrogen and oxygen atoms in total. The van der Waals surface area contributed by atoms with Crippen molar-refractivity contribution in [3.8, 4) is 5.75 Å². The topological polar surface area (TPSA) is 119 Å². The Morgan fingerprint density at radius 1 is 1.21 bits per heavy atom. The second kappa shape index (κ2) is 8.81. The van der Waals surface area contributed by atoms with Crippen LogP contribution in [0, 0.1) is 17.0 Å². The summed E-state index contributed by atoms with van der Waals surface area (Å²) in [6.45, 7) is 2.71. The van der Waals surface area contributed by atoms with Crippen LogP contribution < -0.4 is 10.1 Å². The largest absolute Gasteiger partial charge is 0.497 e. The number of ether oxygens (including phenoxy) is 1. The van der Waals surface area contributed by atoms with Crippen LogP contribution in [-0.4, -0.2) is 43.8 Å². The molecular weight excluding hydrogens is 386 g/mol. The van der Waals surface area contributed by atoms with Crippen molar-refractivity contribution in [2.75, 3.05) is 25.5 Å². The third-order valence-corrected chi connectivity index (χ3v) is 5.98. The van der Waals surface area contributed by atoms with E-state index in [1.54, 1.807) is 31.2 Å². The van der Waals surface area contributed by atoms with E-state index in [0.29, 0.717) is 17.0 Å². The summed E-state index contributed by atoms with van der Waals surface area (Å²) in [6, 6.07) is 10.3. The van der Waals surface area contributed by atoms with Gasteiger partial charge in [-0.3, -0.25) is 14.9 Å². The average Bonchev–Trinajstić information content (AvgIpc) is 2.66. The summed E-state index contributed by atoms with van der Waals surface area (Å²) >= 11 is 0. The van der Waals surface area contributed by atoms with Gasteiger partial charge in [-0.2, -0.15) is 4.31 Å². The fourth-order valence-corrected chi connectivity index (χ4v) is 3.92. The Balaban J connectivity index is 2.19. The van der Waals surface area contributed by atoms with E-state index >= 15 is 0 Å². The van der Waals surface area contributed by atoms with Crippen LogP contribution >= 0.6 is 0 Å². The second-order valence-electron chi connectivity index (χ2n) is 5.91. The van der Waals surface area contributed by atoms with Gasteiger partial charge in [-0.15, -0.1) is 0 Å². The number of amides is 1. The van der Waals surface area contributed by atoms with E-state index < -0.39 is 27.4 Å². The third kappa shape index (κ3) is 4.84. The Kier molecular flexibility index (Phi) is 6.71. The average molecular weight is 407 g/mol. The summed E-state index contributed by atoms with van der Waals surface area (Å²) in [5, 5.41) is 13.7. The highest BCUT2D eigenvalue weighted by Crippen LogP contribution is 2.24. The van der Waals surface area contributed by atoms with Crippen LogP contribution in [0.4, 0.5) is 11.4 Å². The molecule has 0 aliphatic heterocycles. The molecule has 2 rings (SSSR count). The number of methoxy groups -OCH3 is 1. The Hall–Kier alpha value is -2.98. The number of aryl methyl sites for hydroxylation is 1. The number of nitro groups is 1. The number of rotatable bonds is 8. The lowest BCUT2D eigenvalue weighted by Crippen LogP contribution is -2.37. The molecule has 0 fully saturated rings. The highest BCUT2D eigenvalue weighted by Gasteiger charge is 2.27. The van der Waals surface area contributed by atoms with Gasteiger partial charge in [0, 0.05) is 23.9 Å². The maximum Gasteiger partial charge on any atom is 0.273 e. The first-order valence-corrected chi connectivity index (χ1v) is 9.82. The summed E-state index contributed by atoms with van der Waals surface area (Å²) in [5.41, 5.74) is 0.550. The zero-order valence-electron chi connectivity index (χ0n) is 15.7. The van der Waals surface area contributed by atoms with Gasteiger partial charge in [-0.05, 0) is 37.3 Å². The quantitative estimate of drug-likeness (QED) is 0.531. The molecule has 0 heterocycles. The van der Waals surface area contributed by atoms with Gasteiger partial charge in [0.2, 0.25) is 15.9 Å². The van der Waals surface area contributed by atoms with Gasteiger partial charge < -0.3 is 10.1 Å². The van der Waals surface area contributed by atoms with Crippen molar-refractivity contribution in [2.24, 2.45) is 0 Å². The van der Waals surface area contributed by atoms with Gasteiger partial charge in [-0.1, -0.05) is 13.0 Å². The summed E-state index contributed by atoms with van der Waals surface area (Å²) < 4.78 is 31.7. The van der Waals surface area contributed by atoms with E-state index in [1.165, 1.54) is 26.2 Å². The number of nitrogens with one attached hydrogen (secondary N) is 1. The first kappa shape index (κ1) is 21.3. The maximum atomic E-state index is 12.8. The van der Waals surface area contributed by atoms with Crippen molar-refractivity contribution in [2.45, 2.75) is 18.7 Å². The number of anilines is 1. The molecule has 1 N–H and O–H groups in total. The molecule has 0 aromatic heterocycles.